The van der Waals surface area contributed by atoms with Crippen molar-refractivity contribution in [3.05, 3.63) is 0 Å². The number of amides is 2. The Hall–Kier alpha value is -2.02. The second kappa shape index (κ2) is 23.4. The van der Waals surface area contributed by atoms with Crippen molar-refractivity contribution in [3.8, 4) is 0 Å². The van der Waals surface area contributed by atoms with E-state index >= 15 is 0 Å². The zero-order valence-electron chi connectivity index (χ0n) is 33.3. The van der Waals surface area contributed by atoms with Crippen LogP contribution in [0.2, 0.25) is 0 Å². The number of ether oxygens (including phenoxy) is 8. The van der Waals surface area contributed by atoms with E-state index < -0.39 is 199 Å². The van der Waals surface area contributed by atoms with Gasteiger partial charge in [0.25, 0.3) is 0 Å². The predicted molar refractivity (Wildman–Crippen MR) is 192 cm³/mol. The number of carbonyl (C=O) groups excluding carboxylic acids is 2. The molecule has 0 aromatic rings. The minimum atomic E-state index is -2.11. The quantitative estimate of drug-likeness (QED) is 0.0572. The van der Waals surface area contributed by atoms with Crippen molar-refractivity contribution in [2.45, 2.75) is 161 Å². The maximum absolute atomic E-state index is 12.3. The Balaban J connectivity index is 1.50. The standard InChI is InChI=1S/C34H60N2O26/c1-9(42)35-11(3-37)18(45)28(12(44)4-38)60-31-17(36-10(2)43)22(49)29(15(7-41)58-31)61-34-26(53)24(51)20(47)16(59-34)8-55-32-27(54)30(21(48)14(6-40)56-32)62-33-25(52)23(50)19(46)13(5-39)57-33/h11-34,37-41,44-54H,3-8H2,1-2H3,(H,35,42)(H,36,43)/t11-,12+,13+,14+,15+,16+,17+,18+,19+,20+,21+,22+,23-,24-,25-,26-,27-,28+,29+,30-,31?,32?,33?,34?/m0/s1. The topological polar surface area (TPSA) is 456 Å². The maximum Gasteiger partial charge on any atom is 0.217 e. The first-order chi connectivity index (χ1) is 29.2. The van der Waals surface area contributed by atoms with Gasteiger partial charge in [-0.1, -0.05) is 0 Å². The van der Waals surface area contributed by atoms with Crippen LogP contribution in [0.4, 0.5) is 0 Å². The first-order valence-corrected chi connectivity index (χ1v) is 19.5. The lowest BCUT2D eigenvalue weighted by atomic mass is 9.95. The molecule has 362 valence electrons. The van der Waals surface area contributed by atoms with E-state index in [-0.39, 0.29) is 0 Å². The van der Waals surface area contributed by atoms with Gasteiger partial charge in [-0.25, -0.2) is 0 Å². The molecule has 4 saturated heterocycles. The second-order valence-corrected chi connectivity index (χ2v) is 15.2. The normalized spacial score (nSPS) is 43.6. The van der Waals surface area contributed by atoms with Gasteiger partial charge in [-0.05, 0) is 0 Å². The van der Waals surface area contributed by atoms with E-state index in [0.29, 0.717) is 0 Å². The molecule has 0 radical (unpaired) electrons. The van der Waals surface area contributed by atoms with Gasteiger partial charge < -0.3 is 130 Å². The third kappa shape index (κ3) is 12.1. The molecule has 62 heavy (non-hydrogen) atoms. The van der Waals surface area contributed by atoms with Crippen LogP contribution in [0.25, 0.3) is 0 Å². The van der Waals surface area contributed by atoms with Crippen LogP contribution in [0.1, 0.15) is 13.8 Å². The summed E-state index contributed by atoms with van der Waals surface area (Å²) in [5, 5.41) is 172. The SMILES string of the molecule is CC(=O)N[C@@H](CO)[C@@H](O)[C@H](OC1O[C@H](CO)[C@@H](OC2O[C@H](COC3O[C@H](CO)[C@@H](O)[C@H](OC4O[C@H](CO)[C@@H](O)[C@H](O)[C@@H]4O)[C@@H]3O)[C@@H](O)[C@H](O)[C@@H]2O)[C@H](O)[C@H]1NC(C)=O)[C@H](O)CO. The van der Waals surface area contributed by atoms with Gasteiger partial charge in [0.1, 0.15) is 116 Å². The highest BCUT2D eigenvalue weighted by molar-refractivity contribution is 5.73. The van der Waals surface area contributed by atoms with E-state index in [1.54, 1.807) is 0 Å². The molecular formula is C34H60N2O26. The molecule has 4 unspecified atom stereocenters. The lowest BCUT2D eigenvalue weighted by Crippen LogP contribution is -2.68. The average Bonchev–Trinajstić information content (AvgIpc) is 3.24. The summed E-state index contributed by atoms with van der Waals surface area (Å²) in [5.41, 5.74) is 0. The number of hydrogen-bond donors (Lipinski definition) is 18. The summed E-state index contributed by atoms with van der Waals surface area (Å²) < 4.78 is 44.7. The van der Waals surface area contributed by atoms with Gasteiger partial charge in [0.2, 0.25) is 11.8 Å². The minimum absolute atomic E-state index is 0.705. The van der Waals surface area contributed by atoms with E-state index in [0.717, 1.165) is 13.8 Å². The molecule has 24 atom stereocenters. The molecule has 2 amide bonds. The smallest absolute Gasteiger partial charge is 0.217 e. The minimum Gasteiger partial charge on any atom is -0.394 e. The Bertz CT molecular complexity index is 1390. The molecule has 0 spiro atoms. The van der Waals surface area contributed by atoms with Gasteiger partial charge in [0.15, 0.2) is 25.2 Å². The van der Waals surface area contributed by atoms with Crippen molar-refractivity contribution >= 4 is 11.8 Å². The van der Waals surface area contributed by atoms with Crippen molar-refractivity contribution in [2.75, 3.05) is 39.6 Å². The summed E-state index contributed by atoms with van der Waals surface area (Å²) >= 11 is 0. The molecule has 4 aliphatic rings. The van der Waals surface area contributed by atoms with Gasteiger partial charge >= 0.3 is 0 Å². The molecule has 0 saturated carbocycles. The fourth-order valence-electron chi connectivity index (χ4n) is 7.32. The molecule has 0 aromatic heterocycles. The average molecular weight is 913 g/mol. The summed E-state index contributed by atoms with van der Waals surface area (Å²) in [6, 6.07) is -3.18. The summed E-state index contributed by atoms with van der Waals surface area (Å²) in [6.45, 7) is -3.43. The van der Waals surface area contributed by atoms with Crippen LogP contribution in [0.15, 0.2) is 0 Å². The molecule has 4 fully saturated rings. The number of nitrogens with one attached hydrogen (secondary N) is 2. The van der Waals surface area contributed by atoms with Crippen LogP contribution in [0.3, 0.4) is 0 Å². The zero-order valence-corrected chi connectivity index (χ0v) is 33.3. The van der Waals surface area contributed by atoms with Crippen LogP contribution >= 0.6 is 0 Å². The lowest BCUT2D eigenvalue weighted by molar-refractivity contribution is -0.371. The first-order valence-electron chi connectivity index (χ1n) is 19.5. The monoisotopic (exact) mass is 912 g/mol. The largest absolute Gasteiger partial charge is 0.394 e. The van der Waals surface area contributed by atoms with E-state index in [4.69, 9.17) is 37.9 Å². The number of aliphatic hydroxyl groups excluding tert-OH is 16. The molecule has 0 bridgehead atoms. The fourth-order valence-corrected chi connectivity index (χ4v) is 7.32. The van der Waals surface area contributed by atoms with Crippen LogP contribution in [-0.4, -0.2) is 280 Å². The van der Waals surface area contributed by atoms with E-state index in [1.165, 1.54) is 0 Å². The fraction of sp³-hybridized carbons (Fsp3) is 0.941. The third-order valence-electron chi connectivity index (χ3n) is 10.8. The van der Waals surface area contributed by atoms with E-state index in [2.05, 4.69) is 10.6 Å². The zero-order chi connectivity index (χ0) is 46.3. The number of rotatable bonds is 19. The summed E-state index contributed by atoms with van der Waals surface area (Å²) in [7, 11) is 0. The highest BCUT2D eigenvalue weighted by atomic mass is 16.8. The van der Waals surface area contributed by atoms with Crippen LogP contribution < -0.4 is 10.6 Å². The highest BCUT2D eigenvalue weighted by Gasteiger charge is 2.54. The van der Waals surface area contributed by atoms with Gasteiger partial charge in [-0.2, -0.15) is 0 Å². The number of aliphatic hydroxyl groups is 16. The molecule has 18 N–H and O–H groups in total. The Morgan fingerprint density at radius 3 is 1.56 bits per heavy atom. The molecule has 28 nitrogen and oxygen atoms in total. The van der Waals surface area contributed by atoms with Crippen molar-refractivity contribution < 1.29 is 129 Å². The maximum atomic E-state index is 12.3. The van der Waals surface area contributed by atoms with Crippen molar-refractivity contribution in [2.24, 2.45) is 0 Å². The Labute approximate surface area is 352 Å². The van der Waals surface area contributed by atoms with Crippen LogP contribution in [0, 0.1) is 0 Å². The van der Waals surface area contributed by atoms with E-state index in [9.17, 15) is 91.3 Å². The number of carbonyl (C=O) groups is 2. The first kappa shape index (κ1) is 52.6. The van der Waals surface area contributed by atoms with Crippen molar-refractivity contribution in [3.63, 3.8) is 0 Å². The molecule has 0 aliphatic carbocycles. The predicted octanol–water partition coefficient (Wildman–Crippen LogP) is -12.0. The van der Waals surface area contributed by atoms with Gasteiger partial charge in [-0.3, -0.25) is 9.59 Å². The van der Waals surface area contributed by atoms with Crippen LogP contribution in [-0.2, 0) is 47.5 Å². The third-order valence-corrected chi connectivity index (χ3v) is 10.8. The summed E-state index contributed by atoms with van der Waals surface area (Å²) in [4.78, 5) is 23.9. The van der Waals surface area contributed by atoms with E-state index in [1.807, 2.05) is 0 Å². The van der Waals surface area contributed by atoms with Crippen molar-refractivity contribution in [1.29, 1.82) is 0 Å². The van der Waals surface area contributed by atoms with Gasteiger partial charge in [-0.15, -0.1) is 0 Å². The summed E-state index contributed by atoms with van der Waals surface area (Å²) in [6.07, 6.45) is -41.0. The Morgan fingerprint density at radius 1 is 0.548 bits per heavy atom. The highest BCUT2D eigenvalue weighted by Crippen LogP contribution is 2.33. The molecule has 0 aromatic carbocycles. The second-order valence-electron chi connectivity index (χ2n) is 15.2. The molecule has 4 heterocycles. The van der Waals surface area contributed by atoms with Crippen molar-refractivity contribution in [1.82, 2.24) is 10.6 Å². The summed E-state index contributed by atoms with van der Waals surface area (Å²) in [5.74, 6) is -1.52. The molecule has 4 rings (SSSR count). The Kier molecular flexibility index (Phi) is 19.9. The van der Waals surface area contributed by atoms with Crippen LogP contribution in [0.5, 0.6) is 0 Å². The van der Waals surface area contributed by atoms with Gasteiger partial charge in [0, 0.05) is 13.8 Å². The molecule has 4 aliphatic heterocycles. The molecular weight excluding hydrogens is 852 g/mol. The molecule has 28 heteroatoms. The Morgan fingerprint density at radius 2 is 1.05 bits per heavy atom. The number of hydrogen-bond acceptors (Lipinski definition) is 26. The lowest BCUT2D eigenvalue weighted by Gasteiger charge is -2.48. The van der Waals surface area contributed by atoms with Gasteiger partial charge in [0.05, 0.1) is 45.7 Å².